The zero-order valence-electron chi connectivity index (χ0n) is 13.5. The Balaban J connectivity index is 1.74. The number of hydrogen-bond donors (Lipinski definition) is 1. The van der Waals surface area contributed by atoms with E-state index in [1.54, 1.807) is 24.3 Å². The Hall–Kier alpha value is -2.53. The number of benzene rings is 2. The molecule has 1 N–H and O–H groups in total. The summed E-state index contributed by atoms with van der Waals surface area (Å²) in [5.41, 5.74) is 2.75. The van der Waals surface area contributed by atoms with Gasteiger partial charge >= 0.3 is 5.97 Å². The van der Waals surface area contributed by atoms with Gasteiger partial charge in [-0.05, 0) is 49.7 Å². The van der Waals surface area contributed by atoms with Crippen molar-refractivity contribution in [3.8, 4) is 5.75 Å². The first-order valence-electron chi connectivity index (χ1n) is 7.35. The van der Waals surface area contributed by atoms with Gasteiger partial charge < -0.3 is 14.8 Å². The molecule has 126 valence electrons. The van der Waals surface area contributed by atoms with Crippen molar-refractivity contribution in [3.05, 3.63) is 58.6 Å². The minimum atomic E-state index is -0.624. The Kier molecular flexibility index (Phi) is 6.21. The molecular formula is C18H18ClNO4. The molecule has 0 aliphatic heterocycles. The highest BCUT2D eigenvalue weighted by Crippen LogP contribution is 2.16. The molecule has 0 atom stereocenters. The second-order valence-electron chi connectivity index (χ2n) is 5.27. The van der Waals surface area contributed by atoms with Crippen molar-refractivity contribution in [1.29, 1.82) is 0 Å². The van der Waals surface area contributed by atoms with Crippen LogP contribution in [0.2, 0.25) is 5.02 Å². The van der Waals surface area contributed by atoms with Crippen LogP contribution >= 0.6 is 11.6 Å². The lowest BCUT2D eigenvalue weighted by Crippen LogP contribution is -2.24. The number of hydrogen-bond acceptors (Lipinski definition) is 4. The first kappa shape index (κ1) is 17.8. The van der Waals surface area contributed by atoms with Crippen LogP contribution in [-0.2, 0) is 14.3 Å². The van der Waals surface area contributed by atoms with Gasteiger partial charge in [0.1, 0.15) is 5.75 Å². The van der Waals surface area contributed by atoms with Crippen molar-refractivity contribution < 1.29 is 19.1 Å². The normalized spacial score (nSPS) is 10.1. The zero-order chi connectivity index (χ0) is 17.5. The Morgan fingerprint density at radius 3 is 2.42 bits per heavy atom. The van der Waals surface area contributed by atoms with E-state index >= 15 is 0 Å². The van der Waals surface area contributed by atoms with Crippen molar-refractivity contribution in [2.75, 3.05) is 18.5 Å². The number of aryl methyl sites for hydroxylation is 2. The quantitative estimate of drug-likeness (QED) is 0.812. The standard InChI is InChI=1S/C18H18ClNO4/c1-12-3-8-16(13(2)9-12)20-17(21)10-24-18(22)11-23-15-6-4-14(19)5-7-15/h3-9H,10-11H2,1-2H3,(H,20,21). The molecule has 1 amide bonds. The molecule has 24 heavy (non-hydrogen) atoms. The van der Waals surface area contributed by atoms with E-state index in [0.29, 0.717) is 16.5 Å². The zero-order valence-corrected chi connectivity index (χ0v) is 14.2. The third-order valence-corrected chi connectivity index (χ3v) is 3.44. The Morgan fingerprint density at radius 2 is 1.75 bits per heavy atom. The molecule has 2 rings (SSSR count). The van der Waals surface area contributed by atoms with Crippen LogP contribution in [0.25, 0.3) is 0 Å². The minimum Gasteiger partial charge on any atom is -0.482 e. The lowest BCUT2D eigenvalue weighted by atomic mass is 10.1. The first-order valence-corrected chi connectivity index (χ1v) is 7.73. The van der Waals surface area contributed by atoms with Crippen molar-refractivity contribution in [3.63, 3.8) is 0 Å². The summed E-state index contributed by atoms with van der Waals surface area (Å²) < 4.78 is 10.1. The number of rotatable bonds is 6. The molecule has 0 fully saturated rings. The highest BCUT2D eigenvalue weighted by Gasteiger charge is 2.10. The van der Waals surface area contributed by atoms with Crippen LogP contribution in [0, 0.1) is 13.8 Å². The van der Waals surface area contributed by atoms with Gasteiger partial charge in [0, 0.05) is 10.7 Å². The summed E-state index contributed by atoms with van der Waals surface area (Å²) in [6, 6.07) is 12.3. The monoisotopic (exact) mass is 347 g/mol. The minimum absolute atomic E-state index is 0.279. The number of anilines is 1. The van der Waals surface area contributed by atoms with Crippen LogP contribution < -0.4 is 10.1 Å². The van der Waals surface area contributed by atoms with E-state index in [2.05, 4.69) is 5.32 Å². The second-order valence-corrected chi connectivity index (χ2v) is 5.71. The van der Waals surface area contributed by atoms with Gasteiger partial charge in [0.05, 0.1) is 0 Å². The molecule has 0 radical (unpaired) electrons. The Bertz CT molecular complexity index is 728. The molecule has 5 nitrogen and oxygen atoms in total. The maximum Gasteiger partial charge on any atom is 0.344 e. The lowest BCUT2D eigenvalue weighted by molar-refractivity contribution is -0.149. The van der Waals surface area contributed by atoms with Crippen LogP contribution in [0.15, 0.2) is 42.5 Å². The van der Waals surface area contributed by atoms with Crippen molar-refractivity contribution in [1.82, 2.24) is 0 Å². The number of amides is 1. The fourth-order valence-electron chi connectivity index (χ4n) is 2.00. The van der Waals surface area contributed by atoms with Gasteiger partial charge in [0.25, 0.3) is 5.91 Å². The van der Waals surface area contributed by atoms with Crippen molar-refractivity contribution >= 4 is 29.2 Å². The highest BCUT2D eigenvalue weighted by atomic mass is 35.5. The molecule has 0 saturated heterocycles. The number of halogens is 1. The fraction of sp³-hybridized carbons (Fsp3) is 0.222. The van der Waals surface area contributed by atoms with Gasteiger partial charge in [-0.1, -0.05) is 29.3 Å². The van der Waals surface area contributed by atoms with Gasteiger partial charge in [0.2, 0.25) is 0 Å². The number of nitrogens with one attached hydrogen (secondary N) is 1. The van der Waals surface area contributed by atoms with E-state index in [9.17, 15) is 9.59 Å². The van der Waals surface area contributed by atoms with Crippen molar-refractivity contribution in [2.24, 2.45) is 0 Å². The molecule has 0 bridgehead atoms. The van der Waals surface area contributed by atoms with Gasteiger partial charge in [-0.3, -0.25) is 4.79 Å². The topological polar surface area (TPSA) is 64.6 Å². The van der Waals surface area contributed by atoms with E-state index in [1.165, 1.54) is 0 Å². The predicted molar refractivity (Wildman–Crippen MR) is 92.5 cm³/mol. The number of esters is 1. The van der Waals surface area contributed by atoms with E-state index in [0.717, 1.165) is 11.1 Å². The molecule has 0 aliphatic carbocycles. The third kappa shape index (κ3) is 5.59. The van der Waals surface area contributed by atoms with E-state index < -0.39 is 11.9 Å². The summed E-state index contributed by atoms with van der Waals surface area (Å²) in [7, 11) is 0. The molecule has 0 aliphatic rings. The van der Waals surface area contributed by atoms with Gasteiger partial charge in [-0.15, -0.1) is 0 Å². The molecule has 0 unspecified atom stereocenters. The third-order valence-electron chi connectivity index (χ3n) is 3.19. The molecular weight excluding hydrogens is 330 g/mol. The number of ether oxygens (including phenoxy) is 2. The maximum atomic E-state index is 11.8. The van der Waals surface area contributed by atoms with E-state index in [1.807, 2.05) is 32.0 Å². The van der Waals surface area contributed by atoms with Gasteiger partial charge in [0.15, 0.2) is 13.2 Å². The molecule has 6 heteroatoms. The van der Waals surface area contributed by atoms with Crippen LogP contribution in [0.5, 0.6) is 5.75 Å². The lowest BCUT2D eigenvalue weighted by Gasteiger charge is -2.10. The van der Waals surface area contributed by atoms with Crippen LogP contribution in [0.3, 0.4) is 0 Å². The molecule has 0 aromatic heterocycles. The molecule has 2 aromatic carbocycles. The van der Waals surface area contributed by atoms with Crippen LogP contribution in [-0.4, -0.2) is 25.1 Å². The summed E-state index contributed by atoms with van der Waals surface area (Å²) >= 11 is 5.75. The smallest absolute Gasteiger partial charge is 0.344 e. The summed E-state index contributed by atoms with van der Waals surface area (Å²) in [4.78, 5) is 23.4. The van der Waals surface area contributed by atoms with Crippen molar-refractivity contribution in [2.45, 2.75) is 13.8 Å². The average Bonchev–Trinajstić information content (AvgIpc) is 2.55. The van der Waals surface area contributed by atoms with Crippen LogP contribution in [0.4, 0.5) is 5.69 Å². The molecule has 0 saturated carbocycles. The van der Waals surface area contributed by atoms with E-state index in [4.69, 9.17) is 21.1 Å². The first-order chi connectivity index (χ1) is 11.4. The average molecular weight is 348 g/mol. The number of carbonyl (C=O) groups excluding carboxylic acids is 2. The SMILES string of the molecule is Cc1ccc(NC(=O)COC(=O)COc2ccc(Cl)cc2)c(C)c1. The summed E-state index contributed by atoms with van der Waals surface area (Å²) in [5, 5.41) is 3.28. The molecule has 0 heterocycles. The predicted octanol–water partition coefficient (Wildman–Crippen LogP) is 3.52. The van der Waals surface area contributed by atoms with Gasteiger partial charge in [-0.2, -0.15) is 0 Å². The maximum absolute atomic E-state index is 11.8. The summed E-state index contributed by atoms with van der Waals surface area (Å²) in [6.07, 6.45) is 0. The van der Waals surface area contributed by atoms with Crippen LogP contribution in [0.1, 0.15) is 11.1 Å². The van der Waals surface area contributed by atoms with E-state index in [-0.39, 0.29) is 13.2 Å². The largest absolute Gasteiger partial charge is 0.482 e. The summed E-state index contributed by atoms with van der Waals surface area (Å²) in [6.45, 7) is 3.23. The highest BCUT2D eigenvalue weighted by molar-refractivity contribution is 6.30. The summed E-state index contributed by atoms with van der Waals surface area (Å²) in [5.74, 6) is -0.529. The Morgan fingerprint density at radius 1 is 1.04 bits per heavy atom. The number of carbonyl (C=O) groups is 2. The van der Waals surface area contributed by atoms with Gasteiger partial charge in [-0.25, -0.2) is 4.79 Å². The molecule has 2 aromatic rings. The fourth-order valence-corrected chi connectivity index (χ4v) is 2.13. The molecule has 0 spiro atoms. The Labute approximate surface area is 145 Å². The second kappa shape index (κ2) is 8.36.